The molecule has 1 saturated carbocycles. The Kier molecular flexibility index (Phi) is 6.75. The summed E-state index contributed by atoms with van der Waals surface area (Å²) in [6.45, 7) is 3.79. The van der Waals surface area contributed by atoms with E-state index in [1.807, 2.05) is 30.5 Å². The molecular weight excluding hydrogens is 316 g/mol. The van der Waals surface area contributed by atoms with Crippen molar-refractivity contribution in [1.29, 1.82) is 0 Å². The highest BCUT2D eigenvalue weighted by Crippen LogP contribution is 2.27. The first kappa shape index (κ1) is 17.8. The predicted molar refractivity (Wildman–Crippen MR) is 97.6 cm³/mol. The summed E-state index contributed by atoms with van der Waals surface area (Å²) >= 11 is 0. The lowest BCUT2D eigenvalue weighted by atomic mass is 10.1. The second kappa shape index (κ2) is 9.47. The normalized spacial score (nSPS) is 20.6. The Bertz CT molecular complexity index is 621. The maximum Gasteiger partial charge on any atom is 0.104 e. The molecule has 1 heterocycles. The standard InChI is InChI=1S/C20H26N2O3/c21-20(13-22-9-10-23-14-19-15-24-11-12-25-19)18-7-5-17(6-8-18)4-3-16-1-2-16/h5-8,13,16,19,22H,1-2,9-12,14-15,21H2/b20-13-. The Labute approximate surface area is 149 Å². The fourth-order valence-corrected chi connectivity index (χ4v) is 2.40. The van der Waals surface area contributed by atoms with E-state index in [0.717, 1.165) is 11.1 Å². The minimum absolute atomic E-state index is 0.0517. The SMILES string of the molecule is N/C(=C\NCCOCC1COCCO1)c1ccc(C#CC2CC2)cc1. The van der Waals surface area contributed by atoms with Crippen LogP contribution in [0.3, 0.4) is 0 Å². The van der Waals surface area contributed by atoms with E-state index in [1.54, 1.807) is 0 Å². The van der Waals surface area contributed by atoms with E-state index in [4.69, 9.17) is 19.9 Å². The summed E-state index contributed by atoms with van der Waals surface area (Å²) in [5.74, 6) is 7.08. The highest BCUT2D eigenvalue weighted by atomic mass is 16.6. The van der Waals surface area contributed by atoms with Crippen molar-refractivity contribution in [3.05, 3.63) is 41.6 Å². The number of nitrogens with two attached hydrogens (primary N) is 1. The van der Waals surface area contributed by atoms with Crippen molar-refractivity contribution in [3.63, 3.8) is 0 Å². The van der Waals surface area contributed by atoms with Gasteiger partial charge in [0.25, 0.3) is 0 Å². The summed E-state index contributed by atoms with van der Waals surface area (Å²) in [7, 11) is 0. The van der Waals surface area contributed by atoms with Crippen LogP contribution in [-0.2, 0) is 14.2 Å². The number of benzene rings is 1. The number of nitrogens with one attached hydrogen (secondary N) is 1. The first-order valence-electron chi connectivity index (χ1n) is 8.89. The van der Waals surface area contributed by atoms with E-state index in [9.17, 15) is 0 Å². The van der Waals surface area contributed by atoms with Gasteiger partial charge in [-0.1, -0.05) is 24.0 Å². The van der Waals surface area contributed by atoms with Crippen LogP contribution in [0, 0.1) is 17.8 Å². The molecule has 3 rings (SSSR count). The third-order valence-corrected chi connectivity index (χ3v) is 4.05. The zero-order chi connectivity index (χ0) is 17.3. The second-order valence-electron chi connectivity index (χ2n) is 6.32. The molecule has 0 amide bonds. The Morgan fingerprint density at radius 2 is 2.12 bits per heavy atom. The molecular formula is C20H26N2O3. The Morgan fingerprint density at radius 3 is 2.84 bits per heavy atom. The van der Waals surface area contributed by atoms with Gasteiger partial charge in [-0.3, -0.25) is 0 Å². The number of hydrogen-bond acceptors (Lipinski definition) is 5. The average Bonchev–Trinajstić information content (AvgIpc) is 3.48. The molecule has 5 nitrogen and oxygen atoms in total. The van der Waals surface area contributed by atoms with Crippen molar-refractivity contribution in [2.75, 3.05) is 39.6 Å². The van der Waals surface area contributed by atoms with Crippen LogP contribution in [0.15, 0.2) is 30.5 Å². The molecule has 1 aromatic carbocycles. The molecule has 2 aliphatic rings. The van der Waals surface area contributed by atoms with E-state index in [2.05, 4.69) is 17.2 Å². The highest BCUT2D eigenvalue weighted by molar-refractivity contribution is 5.63. The lowest BCUT2D eigenvalue weighted by Crippen LogP contribution is -2.33. The molecule has 1 unspecified atom stereocenters. The molecule has 2 fully saturated rings. The maximum atomic E-state index is 6.09. The molecule has 3 N–H and O–H groups in total. The van der Waals surface area contributed by atoms with Crippen LogP contribution in [0.4, 0.5) is 0 Å². The minimum Gasteiger partial charge on any atom is -0.397 e. The van der Waals surface area contributed by atoms with Crippen LogP contribution in [0.1, 0.15) is 24.0 Å². The van der Waals surface area contributed by atoms with Crippen molar-refractivity contribution < 1.29 is 14.2 Å². The average molecular weight is 342 g/mol. The lowest BCUT2D eigenvalue weighted by Gasteiger charge is -2.22. The van der Waals surface area contributed by atoms with Gasteiger partial charge in [0.2, 0.25) is 0 Å². The van der Waals surface area contributed by atoms with Crippen LogP contribution >= 0.6 is 0 Å². The fourth-order valence-electron chi connectivity index (χ4n) is 2.40. The zero-order valence-corrected chi connectivity index (χ0v) is 14.5. The predicted octanol–water partition coefficient (Wildman–Crippen LogP) is 1.73. The summed E-state index contributed by atoms with van der Waals surface area (Å²) in [4.78, 5) is 0. The third kappa shape index (κ3) is 6.43. The van der Waals surface area contributed by atoms with Crippen LogP contribution < -0.4 is 11.1 Å². The molecule has 1 saturated heterocycles. The van der Waals surface area contributed by atoms with Gasteiger partial charge >= 0.3 is 0 Å². The summed E-state index contributed by atoms with van der Waals surface area (Å²) in [5, 5.41) is 3.17. The van der Waals surface area contributed by atoms with Gasteiger partial charge < -0.3 is 25.3 Å². The molecule has 134 valence electrons. The van der Waals surface area contributed by atoms with Crippen molar-refractivity contribution in [3.8, 4) is 11.8 Å². The van der Waals surface area contributed by atoms with Crippen LogP contribution in [-0.4, -0.2) is 45.7 Å². The first-order chi connectivity index (χ1) is 12.3. The van der Waals surface area contributed by atoms with Crippen LogP contribution in [0.25, 0.3) is 5.70 Å². The molecule has 1 aliphatic carbocycles. The quantitative estimate of drug-likeness (QED) is 0.583. The van der Waals surface area contributed by atoms with Crippen LogP contribution in [0.5, 0.6) is 0 Å². The van der Waals surface area contributed by atoms with Crippen molar-refractivity contribution in [2.45, 2.75) is 18.9 Å². The Morgan fingerprint density at radius 1 is 1.28 bits per heavy atom. The second-order valence-corrected chi connectivity index (χ2v) is 6.32. The van der Waals surface area contributed by atoms with Gasteiger partial charge in [-0.2, -0.15) is 0 Å². The maximum absolute atomic E-state index is 6.09. The van der Waals surface area contributed by atoms with Gasteiger partial charge in [-0.15, -0.1) is 0 Å². The lowest BCUT2D eigenvalue weighted by molar-refractivity contribution is -0.114. The summed E-state index contributed by atoms with van der Waals surface area (Å²) in [6, 6.07) is 8.03. The largest absolute Gasteiger partial charge is 0.397 e. The molecule has 0 spiro atoms. The number of ether oxygens (including phenoxy) is 3. The molecule has 1 aliphatic heterocycles. The smallest absolute Gasteiger partial charge is 0.104 e. The molecule has 1 aromatic rings. The molecule has 5 heteroatoms. The van der Waals surface area contributed by atoms with Gasteiger partial charge in [-0.25, -0.2) is 0 Å². The summed E-state index contributed by atoms with van der Waals surface area (Å²) in [6.07, 6.45) is 4.36. The number of hydrogen-bond donors (Lipinski definition) is 2. The van der Waals surface area contributed by atoms with E-state index >= 15 is 0 Å². The van der Waals surface area contributed by atoms with Crippen molar-refractivity contribution in [2.24, 2.45) is 11.7 Å². The van der Waals surface area contributed by atoms with Gasteiger partial charge in [0.15, 0.2) is 0 Å². The van der Waals surface area contributed by atoms with Gasteiger partial charge in [0.1, 0.15) is 6.10 Å². The first-order valence-corrected chi connectivity index (χ1v) is 8.89. The van der Waals surface area contributed by atoms with Gasteiger partial charge in [-0.05, 0) is 30.5 Å². The third-order valence-electron chi connectivity index (χ3n) is 4.05. The molecule has 0 bridgehead atoms. The van der Waals surface area contributed by atoms with Crippen molar-refractivity contribution >= 4 is 5.70 Å². The molecule has 0 radical (unpaired) electrons. The van der Waals surface area contributed by atoms with E-state index < -0.39 is 0 Å². The summed E-state index contributed by atoms with van der Waals surface area (Å²) in [5.41, 5.74) is 8.82. The monoisotopic (exact) mass is 342 g/mol. The fraction of sp³-hybridized carbons (Fsp3) is 0.500. The zero-order valence-electron chi connectivity index (χ0n) is 14.5. The van der Waals surface area contributed by atoms with Crippen LogP contribution in [0.2, 0.25) is 0 Å². The number of rotatable bonds is 7. The molecule has 0 aromatic heterocycles. The molecule has 25 heavy (non-hydrogen) atoms. The van der Waals surface area contributed by atoms with E-state index in [0.29, 0.717) is 51.2 Å². The van der Waals surface area contributed by atoms with Gasteiger partial charge in [0, 0.05) is 24.2 Å². The van der Waals surface area contributed by atoms with Gasteiger partial charge in [0.05, 0.1) is 38.7 Å². The Hall–Kier alpha value is -2.00. The minimum atomic E-state index is 0.0517. The van der Waals surface area contributed by atoms with E-state index in [1.165, 1.54) is 12.8 Å². The van der Waals surface area contributed by atoms with E-state index in [-0.39, 0.29) is 6.10 Å². The highest BCUT2D eigenvalue weighted by Gasteiger charge is 2.17. The molecule has 1 atom stereocenters. The Balaban J connectivity index is 1.34. The van der Waals surface area contributed by atoms with Crippen molar-refractivity contribution in [1.82, 2.24) is 5.32 Å². The topological polar surface area (TPSA) is 65.7 Å². The summed E-state index contributed by atoms with van der Waals surface area (Å²) < 4.78 is 16.4.